The third-order valence-corrected chi connectivity index (χ3v) is 8.22. The van der Waals surface area contributed by atoms with E-state index in [2.05, 4.69) is 5.32 Å². The van der Waals surface area contributed by atoms with E-state index >= 15 is 0 Å². The SMILES string of the molecule is CCCNC(=O)C(Cc1ccccc1)N(Cc1ccc(Cl)cc1)C(=O)CN(c1ccccc1)S(=O)(=O)N(C)C. The second kappa shape index (κ2) is 14.1. The van der Waals surface area contributed by atoms with E-state index in [0.717, 1.165) is 26.2 Å². The molecule has 2 amide bonds. The molecule has 0 aromatic heterocycles. The highest BCUT2D eigenvalue weighted by atomic mass is 35.5. The molecule has 208 valence electrons. The van der Waals surface area contributed by atoms with Gasteiger partial charge in [-0.2, -0.15) is 12.7 Å². The van der Waals surface area contributed by atoms with Crippen LogP contribution in [0.4, 0.5) is 5.69 Å². The first-order chi connectivity index (χ1) is 18.6. The average molecular weight is 571 g/mol. The van der Waals surface area contributed by atoms with Gasteiger partial charge in [0.2, 0.25) is 11.8 Å². The van der Waals surface area contributed by atoms with Crippen LogP contribution in [0.5, 0.6) is 0 Å². The molecule has 0 saturated carbocycles. The van der Waals surface area contributed by atoms with Gasteiger partial charge < -0.3 is 10.2 Å². The van der Waals surface area contributed by atoms with Crippen LogP contribution in [-0.2, 0) is 32.8 Å². The van der Waals surface area contributed by atoms with Crippen molar-refractivity contribution >= 4 is 39.3 Å². The van der Waals surface area contributed by atoms with Crippen LogP contribution >= 0.6 is 11.6 Å². The number of nitrogens with zero attached hydrogens (tertiary/aromatic N) is 3. The molecule has 3 aromatic rings. The second-order valence-corrected chi connectivity index (χ2v) is 11.8. The van der Waals surface area contributed by atoms with Crippen molar-refractivity contribution in [2.75, 3.05) is 31.5 Å². The number of carbonyl (C=O) groups excluding carboxylic acids is 2. The highest BCUT2D eigenvalue weighted by Gasteiger charge is 2.34. The van der Waals surface area contributed by atoms with Gasteiger partial charge in [-0.05, 0) is 41.8 Å². The maximum absolute atomic E-state index is 14.1. The Bertz CT molecular complexity index is 1320. The van der Waals surface area contributed by atoms with Crippen LogP contribution in [0, 0.1) is 0 Å². The van der Waals surface area contributed by atoms with Gasteiger partial charge in [-0.25, -0.2) is 4.31 Å². The van der Waals surface area contributed by atoms with Crippen LogP contribution in [0.2, 0.25) is 5.02 Å². The largest absolute Gasteiger partial charge is 0.354 e. The van der Waals surface area contributed by atoms with Crippen LogP contribution in [0.3, 0.4) is 0 Å². The van der Waals surface area contributed by atoms with E-state index in [4.69, 9.17) is 11.6 Å². The fraction of sp³-hybridized carbons (Fsp3) is 0.310. The molecule has 0 spiro atoms. The number of nitrogens with one attached hydrogen (secondary N) is 1. The number of amides is 2. The van der Waals surface area contributed by atoms with Crippen LogP contribution < -0.4 is 9.62 Å². The van der Waals surface area contributed by atoms with Gasteiger partial charge in [0, 0.05) is 38.6 Å². The minimum Gasteiger partial charge on any atom is -0.354 e. The summed E-state index contributed by atoms with van der Waals surface area (Å²) >= 11 is 6.08. The summed E-state index contributed by atoms with van der Waals surface area (Å²) in [6.07, 6.45) is 0.999. The average Bonchev–Trinajstić information content (AvgIpc) is 2.94. The fourth-order valence-corrected chi connectivity index (χ4v) is 5.20. The van der Waals surface area contributed by atoms with Crippen molar-refractivity contribution in [2.24, 2.45) is 0 Å². The Kier molecular flexibility index (Phi) is 10.9. The quantitative estimate of drug-likeness (QED) is 0.335. The van der Waals surface area contributed by atoms with Crippen LogP contribution in [0.25, 0.3) is 0 Å². The summed E-state index contributed by atoms with van der Waals surface area (Å²) in [6.45, 7) is 2.02. The molecule has 0 saturated heterocycles. The maximum Gasteiger partial charge on any atom is 0.304 e. The molecule has 0 bridgehead atoms. The normalized spacial score (nSPS) is 12.1. The summed E-state index contributed by atoms with van der Waals surface area (Å²) in [7, 11) is -1.19. The van der Waals surface area contributed by atoms with Gasteiger partial charge in [-0.15, -0.1) is 0 Å². The topological polar surface area (TPSA) is 90.0 Å². The van der Waals surface area contributed by atoms with Crippen molar-refractivity contribution < 1.29 is 18.0 Å². The number of anilines is 1. The molecule has 0 fully saturated rings. The molecule has 0 aliphatic carbocycles. The summed E-state index contributed by atoms with van der Waals surface area (Å²) in [5.74, 6) is -0.809. The van der Waals surface area contributed by atoms with E-state index in [1.54, 1.807) is 54.6 Å². The highest BCUT2D eigenvalue weighted by Crippen LogP contribution is 2.22. The smallest absolute Gasteiger partial charge is 0.304 e. The van der Waals surface area contributed by atoms with Gasteiger partial charge in [0.1, 0.15) is 12.6 Å². The number of halogens is 1. The first-order valence-corrected chi connectivity index (χ1v) is 14.5. The zero-order valence-corrected chi connectivity index (χ0v) is 24.0. The number of hydrogen-bond acceptors (Lipinski definition) is 4. The van der Waals surface area contributed by atoms with Crippen molar-refractivity contribution in [2.45, 2.75) is 32.4 Å². The lowest BCUT2D eigenvalue weighted by Crippen LogP contribution is -2.54. The van der Waals surface area contributed by atoms with Crippen molar-refractivity contribution in [1.29, 1.82) is 0 Å². The number of para-hydroxylation sites is 1. The van der Waals surface area contributed by atoms with Crippen molar-refractivity contribution in [3.63, 3.8) is 0 Å². The summed E-state index contributed by atoms with van der Waals surface area (Å²) in [5, 5.41) is 3.47. The standard InChI is InChI=1S/C29H35ClN4O4S/c1-4-19-31-29(36)27(20-23-11-7-5-8-12-23)33(21-24-15-17-25(30)18-16-24)28(35)22-34(39(37,38)32(2)3)26-13-9-6-10-14-26/h5-18,27H,4,19-22H2,1-3H3,(H,31,36). The Morgan fingerprint density at radius 1 is 0.872 bits per heavy atom. The molecule has 1 atom stereocenters. The van der Waals surface area contributed by atoms with E-state index in [1.165, 1.54) is 19.0 Å². The number of benzene rings is 3. The summed E-state index contributed by atoms with van der Waals surface area (Å²) < 4.78 is 28.7. The van der Waals surface area contributed by atoms with E-state index in [0.29, 0.717) is 17.3 Å². The van der Waals surface area contributed by atoms with Gasteiger partial charge in [0.25, 0.3) is 0 Å². The van der Waals surface area contributed by atoms with Crippen LogP contribution in [0.15, 0.2) is 84.9 Å². The monoisotopic (exact) mass is 570 g/mol. The third kappa shape index (κ3) is 8.29. The third-order valence-electron chi connectivity index (χ3n) is 6.15. The van der Waals surface area contributed by atoms with Gasteiger partial charge in [0.15, 0.2) is 0 Å². The molecule has 3 rings (SSSR count). The predicted octanol–water partition coefficient (Wildman–Crippen LogP) is 4.12. The van der Waals surface area contributed by atoms with Gasteiger partial charge in [-0.3, -0.25) is 9.59 Å². The number of rotatable bonds is 13. The first kappa shape index (κ1) is 30.1. The van der Waals surface area contributed by atoms with E-state index in [-0.39, 0.29) is 18.9 Å². The van der Waals surface area contributed by atoms with Crippen LogP contribution in [0.1, 0.15) is 24.5 Å². The molecule has 0 heterocycles. The minimum atomic E-state index is -4.02. The molecule has 8 nitrogen and oxygen atoms in total. The Labute approximate surface area is 236 Å². The lowest BCUT2D eigenvalue weighted by atomic mass is 10.0. The molecule has 10 heteroatoms. The first-order valence-electron chi connectivity index (χ1n) is 12.7. The zero-order valence-electron chi connectivity index (χ0n) is 22.5. The molecular weight excluding hydrogens is 536 g/mol. The molecular formula is C29H35ClN4O4S. The van der Waals surface area contributed by atoms with E-state index in [1.807, 2.05) is 37.3 Å². The summed E-state index contributed by atoms with van der Waals surface area (Å²) in [4.78, 5) is 29.0. The fourth-order valence-electron chi connectivity index (χ4n) is 4.02. The minimum absolute atomic E-state index is 0.0949. The van der Waals surface area contributed by atoms with Crippen molar-refractivity contribution in [3.05, 3.63) is 101 Å². The molecule has 1 N–H and O–H groups in total. The lowest BCUT2D eigenvalue weighted by molar-refractivity contribution is -0.140. The van der Waals surface area contributed by atoms with Crippen LogP contribution in [-0.4, -0.2) is 62.7 Å². The number of hydrogen-bond donors (Lipinski definition) is 1. The molecule has 0 aliphatic rings. The zero-order chi connectivity index (χ0) is 28.4. The lowest BCUT2D eigenvalue weighted by Gasteiger charge is -2.34. The Hall–Kier alpha value is -3.40. The van der Waals surface area contributed by atoms with Gasteiger partial charge >= 0.3 is 10.2 Å². The van der Waals surface area contributed by atoms with Crippen molar-refractivity contribution in [3.8, 4) is 0 Å². The summed E-state index contributed by atoms with van der Waals surface area (Å²) in [6, 6.07) is 24.0. The Morgan fingerprint density at radius 2 is 1.46 bits per heavy atom. The molecule has 3 aromatic carbocycles. The van der Waals surface area contributed by atoms with Gasteiger partial charge in [-0.1, -0.05) is 79.2 Å². The molecule has 0 radical (unpaired) electrons. The molecule has 39 heavy (non-hydrogen) atoms. The maximum atomic E-state index is 14.1. The second-order valence-electron chi connectivity index (χ2n) is 9.28. The molecule has 0 aliphatic heterocycles. The van der Waals surface area contributed by atoms with Gasteiger partial charge in [0.05, 0.1) is 5.69 Å². The predicted molar refractivity (Wildman–Crippen MR) is 156 cm³/mol. The van der Waals surface area contributed by atoms with Crippen molar-refractivity contribution in [1.82, 2.24) is 14.5 Å². The van der Waals surface area contributed by atoms with E-state index < -0.39 is 28.7 Å². The van der Waals surface area contributed by atoms with E-state index in [9.17, 15) is 18.0 Å². The Balaban J connectivity index is 2.05. The summed E-state index contributed by atoms with van der Waals surface area (Å²) in [5.41, 5.74) is 1.99. The Morgan fingerprint density at radius 3 is 2.03 bits per heavy atom. The highest BCUT2D eigenvalue weighted by molar-refractivity contribution is 7.90. The number of carbonyl (C=O) groups is 2. The molecule has 1 unspecified atom stereocenters.